The molecule has 3 rings (SSSR count). The molecule has 0 aliphatic rings. The maximum Gasteiger partial charge on any atom is 0.166 e. The SMILES string of the molecule is CC(c1ccccc1)c1c(F)c(F)c(C(C)c2ccccc2)c(F)c1F. The summed E-state index contributed by atoms with van der Waals surface area (Å²) in [6.07, 6.45) is 0. The van der Waals surface area contributed by atoms with Crippen molar-refractivity contribution in [2.45, 2.75) is 25.7 Å². The third kappa shape index (κ3) is 3.12. The number of benzene rings is 3. The highest BCUT2D eigenvalue weighted by molar-refractivity contribution is 5.41. The molecule has 2 unspecified atom stereocenters. The third-order valence-electron chi connectivity index (χ3n) is 4.80. The standard InChI is InChI=1S/C22H18F4/c1-13(15-9-5-3-6-10-15)17-19(23)21(25)18(22(26)20(17)24)14(2)16-11-7-4-8-12-16/h3-14H,1-2H3. The first-order valence-corrected chi connectivity index (χ1v) is 8.39. The lowest BCUT2D eigenvalue weighted by atomic mass is 9.87. The van der Waals surface area contributed by atoms with Gasteiger partial charge in [0.1, 0.15) is 0 Å². The van der Waals surface area contributed by atoms with Gasteiger partial charge in [-0.25, -0.2) is 17.6 Å². The van der Waals surface area contributed by atoms with Crippen LogP contribution >= 0.6 is 0 Å². The Kier molecular flexibility index (Phi) is 5.12. The van der Waals surface area contributed by atoms with E-state index in [1.165, 1.54) is 13.8 Å². The Morgan fingerprint density at radius 2 is 0.769 bits per heavy atom. The first kappa shape index (κ1) is 18.2. The maximum absolute atomic E-state index is 14.7. The van der Waals surface area contributed by atoms with Crippen molar-refractivity contribution in [3.8, 4) is 0 Å². The first-order valence-electron chi connectivity index (χ1n) is 8.39. The van der Waals surface area contributed by atoms with Crippen molar-refractivity contribution in [2.75, 3.05) is 0 Å². The molecule has 0 fully saturated rings. The molecule has 0 amide bonds. The van der Waals surface area contributed by atoms with Crippen LogP contribution in [0.2, 0.25) is 0 Å². The summed E-state index contributed by atoms with van der Waals surface area (Å²) in [4.78, 5) is 0. The minimum absolute atomic E-state index is 0.577. The lowest BCUT2D eigenvalue weighted by Crippen LogP contribution is -2.14. The summed E-state index contributed by atoms with van der Waals surface area (Å²) < 4.78 is 58.9. The molecule has 134 valence electrons. The number of rotatable bonds is 4. The molecular weight excluding hydrogens is 340 g/mol. The molecule has 0 spiro atoms. The van der Waals surface area contributed by atoms with Gasteiger partial charge < -0.3 is 0 Å². The van der Waals surface area contributed by atoms with Gasteiger partial charge in [-0.15, -0.1) is 0 Å². The molecule has 0 radical (unpaired) electrons. The molecule has 0 aliphatic carbocycles. The molecule has 3 aromatic carbocycles. The normalized spacial score (nSPS) is 13.5. The van der Waals surface area contributed by atoms with E-state index in [2.05, 4.69) is 0 Å². The fourth-order valence-corrected chi connectivity index (χ4v) is 3.24. The van der Waals surface area contributed by atoms with Gasteiger partial charge >= 0.3 is 0 Å². The van der Waals surface area contributed by atoms with E-state index in [1.54, 1.807) is 60.7 Å². The molecule has 0 aromatic heterocycles. The summed E-state index contributed by atoms with van der Waals surface area (Å²) in [7, 11) is 0. The van der Waals surface area contributed by atoms with Crippen molar-refractivity contribution in [1.29, 1.82) is 0 Å². The van der Waals surface area contributed by atoms with Gasteiger partial charge in [-0.2, -0.15) is 0 Å². The summed E-state index contributed by atoms with van der Waals surface area (Å²) in [5.41, 5.74) is -0.0219. The second-order valence-electron chi connectivity index (χ2n) is 6.35. The van der Waals surface area contributed by atoms with Gasteiger partial charge in [0.25, 0.3) is 0 Å². The van der Waals surface area contributed by atoms with E-state index in [4.69, 9.17) is 0 Å². The van der Waals surface area contributed by atoms with Crippen molar-refractivity contribution in [3.05, 3.63) is 106 Å². The lowest BCUT2D eigenvalue weighted by molar-refractivity contribution is 0.418. The fourth-order valence-electron chi connectivity index (χ4n) is 3.24. The molecule has 0 bridgehead atoms. The van der Waals surface area contributed by atoms with Gasteiger partial charge in [-0.1, -0.05) is 74.5 Å². The maximum atomic E-state index is 14.7. The predicted octanol–water partition coefficient (Wildman–Crippen LogP) is 6.55. The van der Waals surface area contributed by atoms with Crippen molar-refractivity contribution in [1.82, 2.24) is 0 Å². The molecule has 0 heterocycles. The highest BCUT2D eigenvalue weighted by Crippen LogP contribution is 2.37. The Bertz CT molecular complexity index is 799. The van der Waals surface area contributed by atoms with Crippen LogP contribution in [0.3, 0.4) is 0 Å². The number of halogens is 4. The molecule has 0 N–H and O–H groups in total. The van der Waals surface area contributed by atoms with Gasteiger partial charge in [0.15, 0.2) is 23.3 Å². The summed E-state index contributed by atoms with van der Waals surface area (Å²) in [5.74, 6) is -6.98. The molecule has 0 aliphatic heterocycles. The van der Waals surface area contributed by atoms with Crippen LogP contribution in [0.1, 0.15) is 47.9 Å². The quantitative estimate of drug-likeness (QED) is 0.367. The zero-order valence-electron chi connectivity index (χ0n) is 14.4. The van der Waals surface area contributed by atoms with E-state index in [0.29, 0.717) is 11.1 Å². The molecule has 0 nitrogen and oxygen atoms in total. The monoisotopic (exact) mass is 358 g/mol. The predicted molar refractivity (Wildman–Crippen MR) is 94.2 cm³/mol. The second kappa shape index (κ2) is 7.32. The summed E-state index contributed by atoms with van der Waals surface area (Å²) >= 11 is 0. The van der Waals surface area contributed by atoms with Crippen LogP contribution in [-0.2, 0) is 0 Å². The molecule has 2 atom stereocenters. The minimum Gasteiger partial charge on any atom is -0.203 e. The van der Waals surface area contributed by atoms with Gasteiger partial charge in [-0.3, -0.25) is 0 Å². The van der Waals surface area contributed by atoms with Crippen LogP contribution in [0.4, 0.5) is 17.6 Å². The highest BCUT2D eigenvalue weighted by Gasteiger charge is 2.31. The zero-order chi connectivity index (χ0) is 18.8. The second-order valence-corrected chi connectivity index (χ2v) is 6.35. The lowest BCUT2D eigenvalue weighted by Gasteiger charge is -2.20. The average molecular weight is 358 g/mol. The Morgan fingerprint density at radius 1 is 0.500 bits per heavy atom. The Hall–Kier alpha value is -2.62. The Labute approximate surface area is 150 Å². The van der Waals surface area contributed by atoms with Crippen LogP contribution in [0.15, 0.2) is 60.7 Å². The van der Waals surface area contributed by atoms with Crippen molar-refractivity contribution in [2.24, 2.45) is 0 Å². The average Bonchev–Trinajstić information content (AvgIpc) is 2.68. The largest absolute Gasteiger partial charge is 0.203 e. The highest BCUT2D eigenvalue weighted by atomic mass is 19.2. The van der Waals surface area contributed by atoms with Crippen LogP contribution in [0.25, 0.3) is 0 Å². The van der Waals surface area contributed by atoms with E-state index in [-0.39, 0.29) is 0 Å². The number of hydrogen-bond donors (Lipinski definition) is 0. The van der Waals surface area contributed by atoms with Gasteiger partial charge in [0, 0.05) is 23.0 Å². The molecule has 26 heavy (non-hydrogen) atoms. The minimum atomic E-state index is -1.34. The van der Waals surface area contributed by atoms with E-state index >= 15 is 0 Å². The summed E-state index contributed by atoms with van der Waals surface area (Å²) in [5, 5.41) is 0. The van der Waals surface area contributed by atoms with Crippen LogP contribution in [0.5, 0.6) is 0 Å². The summed E-state index contributed by atoms with van der Waals surface area (Å²) in [6.45, 7) is 3.05. The first-order chi connectivity index (χ1) is 12.4. The van der Waals surface area contributed by atoms with Gasteiger partial charge in [-0.05, 0) is 11.1 Å². The zero-order valence-corrected chi connectivity index (χ0v) is 14.4. The third-order valence-corrected chi connectivity index (χ3v) is 4.80. The van der Waals surface area contributed by atoms with E-state index < -0.39 is 46.2 Å². The molecule has 3 aromatic rings. The van der Waals surface area contributed by atoms with E-state index in [0.717, 1.165) is 0 Å². The molecular formula is C22H18F4. The summed E-state index contributed by atoms with van der Waals surface area (Å²) in [6, 6.07) is 17.0. The molecule has 0 saturated carbocycles. The smallest absolute Gasteiger partial charge is 0.166 e. The van der Waals surface area contributed by atoms with Crippen LogP contribution in [-0.4, -0.2) is 0 Å². The number of hydrogen-bond acceptors (Lipinski definition) is 0. The van der Waals surface area contributed by atoms with Crippen molar-refractivity contribution >= 4 is 0 Å². The van der Waals surface area contributed by atoms with E-state index in [9.17, 15) is 17.6 Å². The fraction of sp³-hybridized carbons (Fsp3) is 0.182. The topological polar surface area (TPSA) is 0 Å². The van der Waals surface area contributed by atoms with Crippen LogP contribution in [0, 0.1) is 23.3 Å². The van der Waals surface area contributed by atoms with E-state index in [1.807, 2.05) is 0 Å². The Morgan fingerprint density at radius 3 is 1.04 bits per heavy atom. The van der Waals surface area contributed by atoms with Gasteiger partial charge in [0.05, 0.1) is 0 Å². The van der Waals surface area contributed by atoms with Crippen molar-refractivity contribution < 1.29 is 17.6 Å². The van der Waals surface area contributed by atoms with Gasteiger partial charge in [0.2, 0.25) is 0 Å². The molecule has 4 heteroatoms. The van der Waals surface area contributed by atoms with Crippen molar-refractivity contribution in [3.63, 3.8) is 0 Å². The van der Waals surface area contributed by atoms with Crippen LogP contribution < -0.4 is 0 Å². The Balaban J connectivity index is 2.14. The molecule has 0 saturated heterocycles.